The number of nitrogens with two attached hydrogens (primary N) is 2. The third-order valence-corrected chi connectivity index (χ3v) is 2.43. The van der Waals surface area contributed by atoms with Crippen molar-refractivity contribution in [2.75, 3.05) is 25.7 Å². The molecule has 2 rings (SSSR count). The standard InChI is InChI=1S/C11H14N6O2/c1-18-7-4-3-6(5-8(7)19-2)14-15-9-10(12)16-17-11(9)13/h3-5H,1-2H3,(H5,12,13,16,17). The molecule has 8 heteroatoms. The summed E-state index contributed by atoms with van der Waals surface area (Å²) in [5.74, 6) is 1.64. The van der Waals surface area contributed by atoms with E-state index in [2.05, 4.69) is 20.4 Å². The lowest BCUT2D eigenvalue weighted by Crippen LogP contribution is -1.89. The second-order valence-corrected chi connectivity index (χ2v) is 3.61. The predicted octanol–water partition coefficient (Wildman–Crippen LogP) is 2.01. The van der Waals surface area contributed by atoms with Gasteiger partial charge in [-0.1, -0.05) is 0 Å². The third-order valence-electron chi connectivity index (χ3n) is 2.43. The molecular weight excluding hydrogens is 248 g/mol. The summed E-state index contributed by atoms with van der Waals surface area (Å²) in [5.41, 5.74) is 12.1. The average molecular weight is 262 g/mol. The van der Waals surface area contributed by atoms with Gasteiger partial charge in [-0.15, -0.1) is 5.11 Å². The van der Waals surface area contributed by atoms with Crippen molar-refractivity contribution in [3.05, 3.63) is 18.2 Å². The quantitative estimate of drug-likeness (QED) is 0.727. The van der Waals surface area contributed by atoms with Gasteiger partial charge in [0.1, 0.15) is 5.82 Å². The molecule has 0 bridgehead atoms. The lowest BCUT2D eigenvalue weighted by atomic mass is 10.3. The first kappa shape index (κ1) is 12.7. The maximum atomic E-state index is 5.61. The van der Waals surface area contributed by atoms with E-state index in [1.807, 2.05) is 0 Å². The Hall–Kier alpha value is -2.77. The van der Waals surface area contributed by atoms with E-state index < -0.39 is 0 Å². The number of hydrogen-bond donors (Lipinski definition) is 3. The van der Waals surface area contributed by atoms with Crippen LogP contribution in [0.5, 0.6) is 11.5 Å². The minimum Gasteiger partial charge on any atom is -0.493 e. The Morgan fingerprint density at radius 2 is 1.84 bits per heavy atom. The molecule has 0 amide bonds. The SMILES string of the molecule is COc1ccc(N=Nc2c(N)n[nH]c2N)cc1OC. The van der Waals surface area contributed by atoms with Gasteiger partial charge < -0.3 is 20.9 Å². The third kappa shape index (κ3) is 2.57. The number of azo groups is 1. The lowest BCUT2D eigenvalue weighted by molar-refractivity contribution is 0.355. The summed E-state index contributed by atoms with van der Waals surface area (Å²) in [6.07, 6.45) is 0. The summed E-state index contributed by atoms with van der Waals surface area (Å²) in [7, 11) is 3.11. The van der Waals surface area contributed by atoms with E-state index in [1.165, 1.54) is 0 Å². The van der Waals surface area contributed by atoms with Crippen molar-refractivity contribution in [1.82, 2.24) is 10.2 Å². The van der Waals surface area contributed by atoms with Crippen molar-refractivity contribution in [2.24, 2.45) is 10.2 Å². The van der Waals surface area contributed by atoms with Gasteiger partial charge in [-0.05, 0) is 12.1 Å². The van der Waals surface area contributed by atoms with Crippen LogP contribution in [0.4, 0.5) is 23.0 Å². The van der Waals surface area contributed by atoms with E-state index in [1.54, 1.807) is 32.4 Å². The van der Waals surface area contributed by atoms with Crippen molar-refractivity contribution >= 4 is 23.0 Å². The fourth-order valence-corrected chi connectivity index (χ4v) is 1.46. The maximum absolute atomic E-state index is 5.61. The first-order valence-corrected chi connectivity index (χ1v) is 5.38. The number of hydrogen-bond acceptors (Lipinski definition) is 7. The molecule has 0 saturated carbocycles. The van der Waals surface area contributed by atoms with Gasteiger partial charge in [0, 0.05) is 6.07 Å². The smallest absolute Gasteiger partial charge is 0.175 e. The van der Waals surface area contributed by atoms with Crippen LogP contribution in [-0.2, 0) is 0 Å². The van der Waals surface area contributed by atoms with Gasteiger partial charge in [0.15, 0.2) is 23.0 Å². The molecule has 0 atom stereocenters. The minimum absolute atomic E-state index is 0.196. The zero-order valence-electron chi connectivity index (χ0n) is 10.5. The van der Waals surface area contributed by atoms with E-state index in [4.69, 9.17) is 20.9 Å². The lowest BCUT2D eigenvalue weighted by Gasteiger charge is -2.06. The summed E-state index contributed by atoms with van der Waals surface area (Å²) in [5, 5.41) is 14.2. The van der Waals surface area contributed by atoms with E-state index in [9.17, 15) is 0 Å². The zero-order valence-corrected chi connectivity index (χ0v) is 10.5. The Bertz CT molecular complexity index is 588. The summed E-state index contributed by atoms with van der Waals surface area (Å²) in [4.78, 5) is 0. The number of nitrogen functional groups attached to an aromatic ring is 2. The molecule has 0 fully saturated rings. The molecule has 5 N–H and O–H groups in total. The Balaban J connectivity index is 2.29. The Labute approximate surface area is 109 Å². The summed E-state index contributed by atoms with van der Waals surface area (Å²) < 4.78 is 10.3. The number of nitrogens with one attached hydrogen (secondary N) is 1. The molecule has 0 aliphatic rings. The summed E-state index contributed by atoms with van der Waals surface area (Å²) in [6, 6.07) is 5.15. The van der Waals surface area contributed by atoms with Crippen LogP contribution in [0.1, 0.15) is 0 Å². The Kier molecular flexibility index (Phi) is 3.51. The van der Waals surface area contributed by atoms with E-state index in [-0.39, 0.29) is 11.6 Å². The topological polar surface area (TPSA) is 124 Å². The van der Waals surface area contributed by atoms with Crippen LogP contribution in [0, 0.1) is 0 Å². The Morgan fingerprint density at radius 1 is 1.11 bits per heavy atom. The van der Waals surface area contributed by atoms with Gasteiger partial charge in [-0.2, -0.15) is 10.2 Å². The molecule has 0 aliphatic heterocycles. The van der Waals surface area contributed by atoms with Gasteiger partial charge in [-0.3, -0.25) is 5.10 Å². The van der Waals surface area contributed by atoms with Crippen molar-refractivity contribution in [3.63, 3.8) is 0 Å². The zero-order chi connectivity index (χ0) is 13.8. The van der Waals surface area contributed by atoms with Crippen LogP contribution in [-0.4, -0.2) is 24.4 Å². The second-order valence-electron chi connectivity index (χ2n) is 3.61. The molecule has 19 heavy (non-hydrogen) atoms. The minimum atomic E-state index is 0.196. The Morgan fingerprint density at radius 3 is 2.42 bits per heavy atom. The van der Waals surface area contributed by atoms with Gasteiger partial charge in [0.05, 0.1) is 19.9 Å². The van der Waals surface area contributed by atoms with Crippen molar-refractivity contribution in [3.8, 4) is 11.5 Å². The number of aromatic nitrogens is 2. The first-order valence-electron chi connectivity index (χ1n) is 5.38. The second kappa shape index (κ2) is 5.25. The van der Waals surface area contributed by atoms with Gasteiger partial charge >= 0.3 is 0 Å². The van der Waals surface area contributed by atoms with Crippen molar-refractivity contribution in [1.29, 1.82) is 0 Å². The van der Waals surface area contributed by atoms with E-state index in [0.29, 0.717) is 22.9 Å². The van der Waals surface area contributed by atoms with E-state index in [0.717, 1.165) is 0 Å². The van der Waals surface area contributed by atoms with Crippen molar-refractivity contribution < 1.29 is 9.47 Å². The number of rotatable bonds is 4. The summed E-state index contributed by atoms with van der Waals surface area (Å²) >= 11 is 0. The van der Waals surface area contributed by atoms with Crippen LogP contribution in [0.25, 0.3) is 0 Å². The highest BCUT2D eigenvalue weighted by atomic mass is 16.5. The summed E-state index contributed by atoms with van der Waals surface area (Å²) in [6.45, 7) is 0. The molecule has 2 aromatic rings. The molecule has 100 valence electrons. The first-order chi connectivity index (χ1) is 9.15. The number of anilines is 2. The van der Waals surface area contributed by atoms with Crippen LogP contribution in [0.3, 0.4) is 0 Å². The van der Waals surface area contributed by atoms with Gasteiger partial charge in [0.25, 0.3) is 0 Å². The molecule has 0 radical (unpaired) electrons. The van der Waals surface area contributed by atoms with Gasteiger partial charge in [0.2, 0.25) is 0 Å². The fourth-order valence-electron chi connectivity index (χ4n) is 1.46. The molecule has 1 aromatic carbocycles. The largest absolute Gasteiger partial charge is 0.493 e. The number of H-pyrrole nitrogens is 1. The normalized spacial score (nSPS) is 10.8. The van der Waals surface area contributed by atoms with Gasteiger partial charge in [-0.25, -0.2) is 0 Å². The molecule has 0 spiro atoms. The molecule has 1 heterocycles. The number of benzene rings is 1. The number of nitrogens with zero attached hydrogens (tertiary/aromatic N) is 3. The molecule has 0 unspecified atom stereocenters. The molecule has 8 nitrogen and oxygen atoms in total. The van der Waals surface area contributed by atoms with Crippen LogP contribution in [0.2, 0.25) is 0 Å². The molecule has 0 saturated heterocycles. The highest BCUT2D eigenvalue weighted by Crippen LogP contribution is 2.33. The average Bonchev–Trinajstić information content (AvgIpc) is 2.75. The van der Waals surface area contributed by atoms with E-state index >= 15 is 0 Å². The highest BCUT2D eigenvalue weighted by molar-refractivity contribution is 5.70. The monoisotopic (exact) mass is 262 g/mol. The number of aromatic amines is 1. The highest BCUT2D eigenvalue weighted by Gasteiger charge is 2.07. The van der Waals surface area contributed by atoms with Crippen LogP contribution in [0.15, 0.2) is 28.4 Å². The van der Waals surface area contributed by atoms with Crippen LogP contribution < -0.4 is 20.9 Å². The number of methoxy groups -OCH3 is 2. The number of ether oxygens (including phenoxy) is 2. The van der Waals surface area contributed by atoms with Crippen LogP contribution >= 0.6 is 0 Å². The maximum Gasteiger partial charge on any atom is 0.175 e. The fraction of sp³-hybridized carbons (Fsp3) is 0.182. The predicted molar refractivity (Wildman–Crippen MR) is 71.1 cm³/mol. The van der Waals surface area contributed by atoms with Crippen molar-refractivity contribution in [2.45, 2.75) is 0 Å². The molecular formula is C11H14N6O2. The molecule has 1 aromatic heterocycles. The molecule has 0 aliphatic carbocycles.